The molecule has 31 heavy (non-hydrogen) atoms. The minimum absolute atomic E-state index is 0.0589. The predicted molar refractivity (Wildman–Crippen MR) is 122 cm³/mol. The number of likely N-dealkylation sites (tertiary alicyclic amines) is 1. The number of hydrogen-bond acceptors (Lipinski definition) is 6. The molecule has 0 saturated carbocycles. The number of piperidine rings is 1. The van der Waals surface area contributed by atoms with Gasteiger partial charge in [-0.15, -0.1) is 0 Å². The second kappa shape index (κ2) is 12.8. The number of hydrogen-bond donors (Lipinski definition) is 1. The fourth-order valence-corrected chi connectivity index (χ4v) is 3.36. The number of rotatable bonds is 5. The smallest absolute Gasteiger partial charge is 0.311 e. The molecule has 1 aromatic heterocycles. The highest BCUT2D eigenvalue weighted by atomic mass is 16.6. The van der Waals surface area contributed by atoms with Gasteiger partial charge < -0.3 is 10.1 Å². The maximum Gasteiger partial charge on any atom is 0.311 e. The average molecular weight is 429 g/mol. The van der Waals surface area contributed by atoms with E-state index in [4.69, 9.17) is 4.74 Å². The molecule has 2 aromatic rings. The Hall–Kier alpha value is -2.84. The highest BCUT2D eigenvalue weighted by molar-refractivity contribution is 5.76. The molecule has 2 aliphatic rings. The van der Waals surface area contributed by atoms with E-state index in [0.29, 0.717) is 12.1 Å². The van der Waals surface area contributed by atoms with Gasteiger partial charge in [-0.1, -0.05) is 51.1 Å². The van der Waals surface area contributed by atoms with E-state index < -0.39 is 4.92 Å². The van der Waals surface area contributed by atoms with Crippen LogP contribution < -0.4 is 5.32 Å². The molecule has 0 aliphatic carbocycles. The number of aromatic nitrogens is 1. The topological polar surface area (TPSA) is 97.6 Å². The molecule has 2 saturated heterocycles. The summed E-state index contributed by atoms with van der Waals surface area (Å²) in [7, 11) is 0. The van der Waals surface area contributed by atoms with Gasteiger partial charge in [-0.25, -0.2) is 4.98 Å². The Kier molecular flexibility index (Phi) is 10.1. The normalized spacial score (nSPS) is 16.6. The van der Waals surface area contributed by atoms with E-state index in [9.17, 15) is 14.9 Å². The molecule has 1 N–H and O–H groups in total. The first-order valence-electron chi connectivity index (χ1n) is 10.8. The predicted octanol–water partition coefficient (Wildman–Crippen LogP) is 4.37. The van der Waals surface area contributed by atoms with Crippen LogP contribution in [-0.2, 0) is 9.53 Å². The molecule has 2 aliphatic heterocycles. The number of anilines is 1. The molecule has 3 heterocycles. The van der Waals surface area contributed by atoms with E-state index in [1.807, 2.05) is 44.2 Å². The second-order valence-electron chi connectivity index (χ2n) is 7.36. The van der Waals surface area contributed by atoms with Crippen LogP contribution in [0.25, 0.3) is 11.3 Å². The number of carbonyl (C=O) groups is 1. The lowest BCUT2D eigenvalue weighted by molar-refractivity contribution is -0.384. The zero-order valence-electron chi connectivity index (χ0n) is 18.5. The third-order valence-corrected chi connectivity index (χ3v) is 5.29. The second-order valence-corrected chi connectivity index (χ2v) is 7.36. The van der Waals surface area contributed by atoms with Crippen LogP contribution >= 0.6 is 0 Å². The molecular weight excluding hydrogens is 396 g/mol. The molecule has 2 fully saturated rings. The van der Waals surface area contributed by atoms with Gasteiger partial charge in [0.05, 0.1) is 29.9 Å². The van der Waals surface area contributed by atoms with Gasteiger partial charge in [0.15, 0.2) is 0 Å². The third kappa shape index (κ3) is 7.11. The standard InChI is InChI=1S/C12H9N3O3.C9H17NO.C2H6/c16-8-13-12-11(15(17)18)7-6-10(14-12)9-4-2-1-3-5-9;1-8-2-4-10(5-3-8)9-6-11-7-9;1-2/h1-8H,(H,13,14,16);8-9H,2-7H2,1H3;1-2H3. The highest BCUT2D eigenvalue weighted by Gasteiger charge is 2.28. The molecule has 4 rings (SSSR count). The van der Waals surface area contributed by atoms with Crippen LogP contribution in [0.3, 0.4) is 0 Å². The number of ether oxygens (including phenoxy) is 1. The van der Waals surface area contributed by atoms with Crippen molar-refractivity contribution >= 4 is 17.9 Å². The number of nitrogens with one attached hydrogen (secondary N) is 1. The van der Waals surface area contributed by atoms with E-state index >= 15 is 0 Å². The van der Waals surface area contributed by atoms with Crippen LogP contribution in [0.15, 0.2) is 42.5 Å². The van der Waals surface area contributed by atoms with Crippen molar-refractivity contribution in [3.8, 4) is 11.3 Å². The first-order chi connectivity index (χ1) is 15.1. The van der Waals surface area contributed by atoms with Crippen molar-refractivity contribution in [2.45, 2.75) is 39.7 Å². The molecule has 1 aromatic carbocycles. The highest BCUT2D eigenvalue weighted by Crippen LogP contribution is 2.26. The molecule has 8 heteroatoms. The first-order valence-corrected chi connectivity index (χ1v) is 10.8. The maximum atomic E-state index is 10.8. The fraction of sp³-hybridized carbons (Fsp3) is 0.478. The number of nitrogens with zero attached hydrogens (tertiary/aromatic N) is 3. The number of pyridine rings is 1. The van der Waals surface area contributed by atoms with Gasteiger partial charge in [0.2, 0.25) is 12.2 Å². The molecule has 168 valence electrons. The minimum Gasteiger partial charge on any atom is -0.378 e. The van der Waals surface area contributed by atoms with E-state index in [2.05, 4.69) is 22.1 Å². The third-order valence-electron chi connectivity index (χ3n) is 5.29. The largest absolute Gasteiger partial charge is 0.378 e. The monoisotopic (exact) mass is 428 g/mol. The van der Waals surface area contributed by atoms with Crippen LogP contribution in [0.2, 0.25) is 0 Å². The summed E-state index contributed by atoms with van der Waals surface area (Å²) in [4.78, 5) is 27.2. The van der Waals surface area contributed by atoms with Crippen molar-refractivity contribution in [1.29, 1.82) is 0 Å². The molecule has 0 unspecified atom stereocenters. The summed E-state index contributed by atoms with van der Waals surface area (Å²) in [5.74, 6) is 0.892. The lowest BCUT2D eigenvalue weighted by Crippen LogP contribution is -2.51. The van der Waals surface area contributed by atoms with Crippen molar-refractivity contribution in [3.63, 3.8) is 0 Å². The van der Waals surface area contributed by atoms with Gasteiger partial charge >= 0.3 is 5.69 Å². The molecular formula is C23H32N4O4. The average Bonchev–Trinajstić information content (AvgIpc) is 2.77. The van der Waals surface area contributed by atoms with Crippen LogP contribution in [-0.4, -0.2) is 53.6 Å². The van der Waals surface area contributed by atoms with Gasteiger partial charge in [-0.05, 0) is 37.9 Å². The van der Waals surface area contributed by atoms with Crippen molar-refractivity contribution in [3.05, 3.63) is 52.6 Å². The van der Waals surface area contributed by atoms with Crippen LogP contribution in [0.1, 0.15) is 33.6 Å². The number of amides is 1. The summed E-state index contributed by atoms with van der Waals surface area (Å²) in [5.41, 5.74) is 1.15. The SMILES string of the molecule is CC.CC1CCN(C2COC2)CC1.O=CNc1nc(-c2ccccc2)ccc1[N+](=O)[O-]. The van der Waals surface area contributed by atoms with Crippen molar-refractivity contribution in [2.24, 2.45) is 5.92 Å². The van der Waals surface area contributed by atoms with E-state index in [1.54, 1.807) is 6.07 Å². The Labute approximate surface area is 183 Å². The van der Waals surface area contributed by atoms with Gasteiger partial charge in [0, 0.05) is 11.6 Å². The Morgan fingerprint density at radius 2 is 1.77 bits per heavy atom. The zero-order chi connectivity index (χ0) is 22.6. The fourth-order valence-electron chi connectivity index (χ4n) is 3.36. The summed E-state index contributed by atoms with van der Waals surface area (Å²) in [6.45, 7) is 10.9. The van der Waals surface area contributed by atoms with Crippen LogP contribution in [0.4, 0.5) is 11.5 Å². The number of benzene rings is 1. The summed E-state index contributed by atoms with van der Waals surface area (Å²) in [6.07, 6.45) is 3.14. The first kappa shape index (κ1) is 24.4. The minimum atomic E-state index is -0.590. The summed E-state index contributed by atoms with van der Waals surface area (Å²) in [6, 6.07) is 12.8. The lowest BCUT2D eigenvalue weighted by Gasteiger charge is -2.40. The Morgan fingerprint density at radius 3 is 2.29 bits per heavy atom. The molecule has 0 radical (unpaired) electrons. The van der Waals surface area contributed by atoms with Crippen molar-refractivity contribution in [1.82, 2.24) is 9.88 Å². The van der Waals surface area contributed by atoms with Gasteiger partial charge in [-0.3, -0.25) is 19.8 Å². The van der Waals surface area contributed by atoms with Gasteiger partial charge in [-0.2, -0.15) is 0 Å². The Bertz CT molecular complexity index is 820. The molecule has 0 spiro atoms. The molecule has 0 atom stereocenters. The quantitative estimate of drug-likeness (QED) is 0.431. The van der Waals surface area contributed by atoms with E-state index in [0.717, 1.165) is 30.7 Å². The zero-order valence-corrected chi connectivity index (χ0v) is 18.5. The molecule has 1 amide bonds. The van der Waals surface area contributed by atoms with Crippen LogP contribution in [0, 0.1) is 16.0 Å². The summed E-state index contributed by atoms with van der Waals surface area (Å²) >= 11 is 0. The van der Waals surface area contributed by atoms with E-state index in [1.165, 1.54) is 32.0 Å². The van der Waals surface area contributed by atoms with Crippen molar-refractivity contribution in [2.75, 3.05) is 31.6 Å². The van der Waals surface area contributed by atoms with E-state index in [-0.39, 0.29) is 11.5 Å². The molecule has 8 nitrogen and oxygen atoms in total. The van der Waals surface area contributed by atoms with Gasteiger partial charge in [0.1, 0.15) is 0 Å². The summed E-state index contributed by atoms with van der Waals surface area (Å²) in [5, 5.41) is 13.0. The van der Waals surface area contributed by atoms with Gasteiger partial charge in [0.25, 0.3) is 0 Å². The maximum absolute atomic E-state index is 10.8. The Balaban J connectivity index is 0.000000224. The Morgan fingerprint density at radius 1 is 1.13 bits per heavy atom. The van der Waals surface area contributed by atoms with Crippen molar-refractivity contribution < 1.29 is 14.5 Å². The van der Waals surface area contributed by atoms with Crippen LogP contribution in [0.5, 0.6) is 0 Å². The number of nitro groups is 1. The lowest BCUT2D eigenvalue weighted by atomic mass is 9.97. The molecule has 0 bridgehead atoms. The number of carbonyl (C=O) groups excluding carboxylic acids is 1. The summed E-state index contributed by atoms with van der Waals surface area (Å²) < 4.78 is 5.17.